The molecule has 3 atom stereocenters. The summed E-state index contributed by atoms with van der Waals surface area (Å²) < 4.78 is 0. The van der Waals surface area contributed by atoms with Crippen molar-refractivity contribution in [3.8, 4) is 0 Å². The van der Waals surface area contributed by atoms with Crippen molar-refractivity contribution in [2.75, 3.05) is 0 Å². The Bertz CT molecular complexity index is 190. The standard InChI is InChI=1S/C10H18O.B/c1-9(2)7-4-5-10(9,3)8(11)6-7;/h7-8,11H,4-6H2,1-3H3;/t7-,8+,10-;/m1./s1. The van der Waals surface area contributed by atoms with Crippen LogP contribution in [0.5, 0.6) is 0 Å². The molecule has 0 aromatic rings. The molecule has 0 spiro atoms. The summed E-state index contributed by atoms with van der Waals surface area (Å²) in [7, 11) is 0. The number of aliphatic hydroxyl groups excluding tert-OH is 1. The van der Waals surface area contributed by atoms with E-state index in [9.17, 15) is 5.11 Å². The van der Waals surface area contributed by atoms with E-state index in [1.54, 1.807) is 0 Å². The summed E-state index contributed by atoms with van der Waals surface area (Å²) in [5, 5.41) is 9.81. The van der Waals surface area contributed by atoms with E-state index in [1.165, 1.54) is 12.8 Å². The van der Waals surface area contributed by atoms with Crippen LogP contribution < -0.4 is 0 Å². The van der Waals surface area contributed by atoms with Crippen molar-refractivity contribution in [1.82, 2.24) is 0 Å². The molecule has 0 aromatic carbocycles. The molecular weight excluding hydrogens is 147 g/mol. The molecule has 0 saturated heterocycles. The van der Waals surface area contributed by atoms with Crippen LogP contribution in [-0.4, -0.2) is 19.6 Å². The van der Waals surface area contributed by atoms with Crippen LogP contribution in [0.25, 0.3) is 0 Å². The zero-order valence-electron chi connectivity index (χ0n) is 8.30. The fraction of sp³-hybridized carbons (Fsp3) is 1.00. The molecule has 3 radical (unpaired) electrons. The van der Waals surface area contributed by atoms with Crippen molar-refractivity contribution in [3.63, 3.8) is 0 Å². The molecular formula is C10H18BO. The fourth-order valence-electron chi connectivity index (χ4n) is 3.16. The molecule has 2 rings (SSSR count). The van der Waals surface area contributed by atoms with E-state index in [4.69, 9.17) is 0 Å². The van der Waals surface area contributed by atoms with Gasteiger partial charge in [-0.1, -0.05) is 20.8 Å². The van der Waals surface area contributed by atoms with Gasteiger partial charge in [0.15, 0.2) is 0 Å². The Balaban J connectivity index is 0.000000720. The van der Waals surface area contributed by atoms with Gasteiger partial charge in [0.1, 0.15) is 0 Å². The first-order valence-corrected chi connectivity index (χ1v) is 4.66. The summed E-state index contributed by atoms with van der Waals surface area (Å²) in [6.07, 6.45) is 3.58. The number of fused-ring (bicyclic) bond motifs is 2. The minimum absolute atomic E-state index is 0. The molecule has 2 fully saturated rings. The molecule has 2 bridgehead atoms. The number of hydrogen-bond donors (Lipinski definition) is 1. The highest BCUT2D eigenvalue weighted by atomic mass is 16.3. The molecule has 0 aromatic heterocycles. The van der Waals surface area contributed by atoms with E-state index >= 15 is 0 Å². The van der Waals surface area contributed by atoms with Gasteiger partial charge in [0.2, 0.25) is 0 Å². The van der Waals surface area contributed by atoms with Gasteiger partial charge < -0.3 is 5.11 Å². The van der Waals surface area contributed by atoms with Gasteiger partial charge in [0, 0.05) is 8.41 Å². The van der Waals surface area contributed by atoms with Gasteiger partial charge in [-0.15, -0.1) is 0 Å². The minimum atomic E-state index is -0.0313. The smallest absolute Gasteiger partial charge is 0.0601 e. The van der Waals surface area contributed by atoms with Crippen LogP contribution in [0, 0.1) is 16.7 Å². The van der Waals surface area contributed by atoms with Gasteiger partial charge in [0.25, 0.3) is 0 Å². The Morgan fingerprint density at radius 3 is 2.00 bits per heavy atom. The maximum atomic E-state index is 9.81. The van der Waals surface area contributed by atoms with Gasteiger partial charge in [-0.2, -0.15) is 0 Å². The van der Waals surface area contributed by atoms with Crippen molar-refractivity contribution in [2.45, 2.75) is 46.1 Å². The molecule has 1 N–H and O–H groups in total. The average Bonchev–Trinajstić information content (AvgIpc) is 2.20. The quantitative estimate of drug-likeness (QED) is 0.542. The Morgan fingerprint density at radius 1 is 1.25 bits per heavy atom. The summed E-state index contributed by atoms with van der Waals surface area (Å²) in [5.74, 6) is 0.780. The first-order valence-electron chi connectivity index (χ1n) is 4.66. The lowest BCUT2D eigenvalue weighted by atomic mass is 9.70. The molecule has 0 amide bonds. The third-order valence-corrected chi connectivity index (χ3v) is 4.75. The number of rotatable bonds is 0. The predicted molar refractivity (Wildman–Crippen MR) is 51.0 cm³/mol. The second-order valence-corrected chi connectivity index (χ2v) is 5.13. The van der Waals surface area contributed by atoms with Crippen LogP contribution in [0.3, 0.4) is 0 Å². The Morgan fingerprint density at radius 2 is 1.83 bits per heavy atom. The van der Waals surface area contributed by atoms with Crippen molar-refractivity contribution in [3.05, 3.63) is 0 Å². The topological polar surface area (TPSA) is 20.2 Å². The zero-order chi connectivity index (χ0) is 8.28. The van der Waals surface area contributed by atoms with Gasteiger partial charge in [0.05, 0.1) is 6.10 Å². The van der Waals surface area contributed by atoms with E-state index in [0.717, 1.165) is 12.3 Å². The Kier molecular flexibility index (Phi) is 2.11. The highest BCUT2D eigenvalue weighted by Gasteiger charge is 2.60. The van der Waals surface area contributed by atoms with E-state index in [1.807, 2.05) is 0 Å². The summed E-state index contributed by atoms with van der Waals surface area (Å²) in [5.41, 5.74) is 0.601. The van der Waals surface area contributed by atoms with E-state index in [-0.39, 0.29) is 19.9 Å². The van der Waals surface area contributed by atoms with Crippen molar-refractivity contribution >= 4 is 8.41 Å². The molecule has 2 aliphatic rings. The lowest BCUT2D eigenvalue weighted by Crippen LogP contribution is -2.35. The first kappa shape index (κ1) is 10.1. The van der Waals surface area contributed by atoms with Crippen molar-refractivity contribution < 1.29 is 5.11 Å². The summed E-state index contributed by atoms with van der Waals surface area (Å²) >= 11 is 0. The molecule has 2 saturated carbocycles. The normalized spacial score (nSPS) is 49.0. The molecule has 2 heteroatoms. The van der Waals surface area contributed by atoms with Crippen LogP contribution >= 0.6 is 0 Å². The van der Waals surface area contributed by atoms with Crippen LogP contribution in [0.1, 0.15) is 40.0 Å². The monoisotopic (exact) mass is 165 g/mol. The third-order valence-electron chi connectivity index (χ3n) is 4.75. The maximum Gasteiger partial charge on any atom is 0.0601 e. The minimum Gasteiger partial charge on any atom is -0.393 e. The highest BCUT2D eigenvalue weighted by molar-refractivity contribution is 5.75. The van der Waals surface area contributed by atoms with Crippen LogP contribution in [-0.2, 0) is 0 Å². The summed E-state index contributed by atoms with van der Waals surface area (Å²) in [6, 6.07) is 0. The first-order chi connectivity index (χ1) is 4.98. The van der Waals surface area contributed by atoms with Gasteiger partial charge in [-0.3, -0.25) is 0 Å². The number of hydrogen-bond acceptors (Lipinski definition) is 1. The predicted octanol–water partition coefficient (Wildman–Crippen LogP) is 1.81. The lowest BCUT2D eigenvalue weighted by molar-refractivity contribution is 0.0126. The number of aliphatic hydroxyl groups is 1. The largest absolute Gasteiger partial charge is 0.393 e. The molecule has 12 heavy (non-hydrogen) atoms. The summed E-state index contributed by atoms with van der Waals surface area (Å²) in [4.78, 5) is 0. The van der Waals surface area contributed by atoms with Crippen LogP contribution in [0.15, 0.2) is 0 Å². The SMILES string of the molecule is CC1(C)[C@@H]2CC[C@]1(C)[C@@H](O)C2.[B]. The van der Waals surface area contributed by atoms with Crippen molar-refractivity contribution in [2.24, 2.45) is 16.7 Å². The van der Waals surface area contributed by atoms with E-state index < -0.39 is 0 Å². The second-order valence-electron chi connectivity index (χ2n) is 5.13. The molecule has 2 aliphatic carbocycles. The Labute approximate surface area is 77.1 Å². The lowest BCUT2D eigenvalue weighted by Gasteiger charge is -2.36. The molecule has 0 heterocycles. The van der Waals surface area contributed by atoms with Gasteiger partial charge >= 0.3 is 0 Å². The maximum absolute atomic E-state index is 9.81. The van der Waals surface area contributed by atoms with Gasteiger partial charge in [-0.25, -0.2) is 0 Å². The van der Waals surface area contributed by atoms with Crippen molar-refractivity contribution in [1.29, 1.82) is 0 Å². The Hall–Kier alpha value is 0.0249. The van der Waals surface area contributed by atoms with E-state index in [2.05, 4.69) is 20.8 Å². The molecule has 0 unspecified atom stereocenters. The fourth-order valence-corrected chi connectivity index (χ4v) is 3.16. The average molecular weight is 165 g/mol. The molecule has 0 aliphatic heterocycles. The van der Waals surface area contributed by atoms with Crippen LogP contribution in [0.2, 0.25) is 0 Å². The second kappa shape index (κ2) is 2.51. The molecule has 1 nitrogen and oxygen atoms in total. The van der Waals surface area contributed by atoms with Gasteiger partial charge in [-0.05, 0) is 36.0 Å². The summed E-state index contributed by atoms with van der Waals surface area (Å²) in [6.45, 7) is 6.90. The zero-order valence-corrected chi connectivity index (χ0v) is 8.30. The van der Waals surface area contributed by atoms with E-state index in [0.29, 0.717) is 5.41 Å². The third kappa shape index (κ3) is 0.848. The van der Waals surface area contributed by atoms with Crippen LogP contribution in [0.4, 0.5) is 0 Å². The highest BCUT2D eigenvalue weighted by Crippen LogP contribution is 2.65. The molecule has 67 valence electrons.